The van der Waals surface area contributed by atoms with Gasteiger partial charge in [-0.3, -0.25) is 0 Å². The number of hydrogen-bond donors (Lipinski definition) is 1. The highest BCUT2D eigenvalue weighted by molar-refractivity contribution is 7.89. The Bertz CT molecular complexity index is 1020. The molecule has 1 fully saturated rings. The van der Waals surface area contributed by atoms with E-state index in [-0.39, 0.29) is 9.92 Å². The van der Waals surface area contributed by atoms with E-state index in [2.05, 4.69) is 9.97 Å². The van der Waals surface area contributed by atoms with E-state index in [1.165, 1.54) is 16.4 Å². The van der Waals surface area contributed by atoms with Crippen molar-refractivity contribution in [3.05, 3.63) is 59.1 Å². The minimum Gasteiger partial charge on any atom is -0.341 e. The average Bonchev–Trinajstić information content (AvgIpc) is 3.21. The molecule has 2 heterocycles. The summed E-state index contributed by atoms with van der Waals surface area (Å²) in [4.78, 5) is 7.33. The van der Waals surface area contributed by atoms with Gasteiger partial charge in [0.1, 0.15) is 16.5 Å². The second-order valence-electron chi connectivity index (χ2n) is 5.99. The van der Waals surface area contributed by atoms with Gasteiger partial charge in [0.15, 0.2) is 0 Å². The molecule has 5 nitrogen and oxygen atoms in total. The first-order chi connectivity index (χ1) is 12.0. The summed E-state index contributed by atoms with van der Waals surface area (Å²) in [5, 5.41) is 0.159. The zero-order chi connectivity index (χ0) is 17.6. The second kappa shape index (κ2) is 6.09. The maximum absolute atomic E-state index is 14.2. The summed E-state index contributed by atoms with van der Waals surface area (Å²) in [6.07, 6.45) is 1.32. The number of sulfonamides is 1. The highest BCUT2D eigenvalue weighted by Gasteiger charge is 2.39. The summed E-state index contributed by atoms with van der Waals surface area (Å²) in [7, 11) is -3.98. The number of aromatic nitrogens is 2. The Labute approximate surface area is 149 Å². The number of nitrogens with zero attached hydrogens (tertiary/aromatic N) is 2. The summed E-state index contributed by atoms with van der Waals surface area (Å²) < 4.78 is 41.4. The first-order valence-electron chi connectivity index (χ1n) is 7.88. The predicted molar refractivity (Wildman–Crippen MR) is 93.4 cm³/mol. The molecule has 0 spiro atoms. The van der Waals surface area contributed by atoms with Gasteiger partial charge in [0.2, 0.25) is 10.0 Å². The molecular formula is C17H15ClFN3O2S. The number of rotatable bonds is 3. The minimum absolute atomic E-state index is 0.159. The fourth-order valence-electron chi connectivity index (χ4n) is 3.24. The molecule has 130 valence electrons. The van der Waals surface area contributed by atoms with Crippen LogP contribution in [0, 0.1) is 5.82 Å². The van der Waals surface area contributed by atoms with Crippen LogP contribution in [0.15, 0.2) is 47.4 Å². The summed E-state index contributed by atoms with van der Waals surface area (Å²) in [5.41, 5.74) is 1.62. The number of imidazole rings is 1. The van der Waals surface area contributed by atoms with Crippen LogP contribution in [0.25, 0.3) is 11.0 Å². The van der Waals surface area contributed by atoms with Crippen molar-refractivity contribution in [1.29, 1.82) is 0 Å². The molecule has 1 saturated heterocycles. The Hall–Kier alpha value is -1.96. The molecule has 0 unspecified atom stereocenters. The molecule has 0 radical (unpaired) electrons. The number of nitrogens with one attached hydrogen (secondary N) is 1. The van der Waals surface area contributed by atoms with Gasteiger partial charge in [0.25, 0.3) is 0 Å². The number of halogens is 2. The lowest BCUT2D eigenvalue weighted by molar-refractivity contribution is 0.383. The van der Waals surface area contributed by atoms with Crippen LogP contribution >= 0.6 is 11.6 Å². The lowest BCUT2D eigenvalue weighted by Gasteiger charge is -2.22. The number of aromatic amines is 1. The third-order valence-electron chi connectivity index (χ3n) is 4.41. The Morgan fingerprint density at radius 1 is 1.24 bits per heavy atom. The third-order valence-corrected chi connectivity index (χ3v) is 6.58. The van der Waals surface area contributed by atoms with E-state index in [1.807, 2.05) is 24.3 Å². The maximum Gasteiger partial charge on any atom is 0.246 e. The van der Waals surface area contributed by atoms with Gasteiger partial charge >= 0.3 is 0 Å². The fourth-order valence-corrected chi connectivity index (χ4v) is 5.11. The second-order valence-corrected chi connectivity index (χ2v) is 8.28. The van der Waals surface area contributed by atoms with Crippen LogP contribution in [-0.4, -0.2) is 29.2 Å². The number of H-pyrrole nitrogens is 1. The Morgan fingerprint density at radius 3 is 2.80 bits per heavy atom. The highest BCUT2D eigenvalue weighted by atomic mass is 35.5. The standard InChI is InChI=1S/C17H15ClFN3O2S/c18-11-7-8-16(12(19)10-11)25(23,24)22-9-3-6-15(22)17-20-13-4-1-2-5-14(13)21-17/h1-2,4-5,7-8,10,15H,3,6,9H2,(H,20,21)/t15-/m0/s1. The lowest BCUT2D eigenvalue weighted by atomic mass is 10.2. The van der Waals surface area contributed by atoms with Crippen molar-refractivity contribution in [2.24, 2.45) is 0 Å². The Balaban J connectivity index is 1.75. The van der Waals surface area contributed by atoms with Crippen LogP contribution in [0.2, 0.25) is 5.02 Å². The van der Waals surface area contributed by atoms with Gasteiger partial charge in [-0.1, -0.05) is 23.7 Å². The van der Waals surface area contributed by atoms with Gasteiger partial charge in [-0.25, -0.2) is 17.8 Å². The molecule has 3 aromatic rings. The molecule has 1 atom stereocenters. The topological polar surface area (TPSA) is 66.1 Å². The van der Waals surface area contributed by atoms with Crippen LogP contribution < -0.4 is 0 Å². The van der Waals surface area contributed by atoms with E-state index in [4.69, 9.17) is 11.6 Å². The molecule has 4 rings (SSSR count). The number of benzene rings is 2. The predicted octanol–water partition coefficient (Wildman–Crippen LogP) is 3.88. The fraction of sp³-hybridized carbons (Fsp3) is 0.235. The smallest absolute Gasteiger partial charge is 0.246 e. The van der Waals surface area contributed by atoms with Crippen LogP contribution in [0.1, 0.15) is 24.7 Å². The summed E-state index contributed by atoms with van der Waals surface area (Å²) >= 11 is 5.73. The zero-order valence-electron chi connectivity index (χ0n) is 13.1. The van der Waals surface area contributed by atoms with E-state index in [0.29, 0.717) is 25.2 Å². The van der Waals surface area contributed by atoms with Crippen molar-refractivity contribution in [2.75, 3.05) is 6.54 Å². The van der Waals surface area contributed by atoms with E-state index in [0.717, 1.165) is 17.1 Å². The molecule has 1 N–H and O–H groups in total. The lowest BCUT2D eigenvalue weighted by Crippen LogP contribution is -2.31. The molecule has 8 heteroatoms. The molecule has 1 aromatic heterocycles. The monoisotopic (exact) mass is 379 g/mol. The first kappa shape index (κ1) is 16.5. The van der Waals surface area contributed by atoms with Crippen molar-refractivity contribution in [1.82, 2.24) is 14.3 Å². The van der Waals surface area contributed by atoms with Gasteiger partial charge in [0.05, 0.1) is 17.1 Å². The molecule has 0 saturated carbocycles. The van der Waals surface area contributed by atoms with Crippen molar-refractivity contribution >= 4 is 32.7 Å². The van der Waals surface area contributed by atoms with Crippen molar-refractivity contribution in [3.8, 4) is 0 Å². The van der Waals surface area contributed by atoms with Gasteiger partial charge < -0.3 is 4.98 Å². The molecule has 2 aromatic carbocycles. The minimum atomic E-state index is -3.98. The third kappa shape index (κ3) is 2.82. The first-order valence-corrected chi connectivity index (χ1v) is 9.70. The summed E-state index contributed by atoms with van der Waals surface area (Å²) in [5.74, 6) is -0.264. The summed E-state index contributed by atoms with van der Waals surface area (Å²) in [6, 6.07) is 10.7. The van der Waals surface area contributed by atoms with Crippen LogP contribution in [0.4, 0.5) is 4.39 Å². The molecule has 0 amide bonds. The molecule has 0 aliphatic carbocycles. The zero-order valence-corrected chi connectivity index (χ0v) is 14.7. The molecule has 0 bridgehead atoms. The largest absolute Gasteiger partial charge is 0.341 e. The molecular weight excluding hydrogens is 365 g/mol. The van der Waals surface area contributed by atoms with Crippen molar-refractivity contribution in [2.45, 2.75) is 23.8 Å². The number of para-hydroxylation sites is 2. The Morgan fingerprint density at radius 2 is 2.04 bits per heavy atom. The van der Waals surface area contributed by atoms with Crippen molar-refractivity contribution in [3.63, 3.8) is 0 Å². The van der Waals surface area contributed by atoms with Gasteiger partial charge in [0, 0.05) is 11.6 Å². The Kier molecular flexibility index (Phi) is 4.02. The van der Waals surface area contributed by atoms with E-state index >= 15 is 0 Å². The maximum atomic E-state index is 14.2. The van der Waals surface area contributed by atoms with Crippen LogP contribution in [0.3, 0.4) is 0 Å². The van der Waals surface area contributed by atoms with Crippen LogP contribution in [0.5, 0.6) is 0 Å². The van der Waals surface area contributed by atoms with E-state index in [1.54, 1.807) is 0 Å². The number of fused-ring (bicyclic) bond motifs is 1. The number of hydrogen-bond acceptors (Lipinski definition) is 3. The van der Waals surface area contributed by atoms with Gasteiger partial charge in [-0.2, -0.15) is 4.31 Å². The van der Waals surface area contributed by atoms with Gasteiger partial charge in [-0.05, 0) is 43.2 Å². The summed E-state index contributed by atoms with van der Waals surface area (Å²) in [6.45, 7) is 0.326. The molecule has 1 aliphatic rings. The van der Waals surface area contributed by atoms with E-state index in [9.17, 15) is 12.8 Å². The molecule has 25 heavy (non-hydrogen) atoms. The molecule has 1 aliphatic heterocycles. The van der Waals surface area contributed by atoms with Gasteiger partial charge in [-0.15, -0.1) is 0 Å². The van der Waals surface area contributed by atoms with Crippen LogP contribution in [-0.2, 0) is 10.0 Å². The van der Waals surface area contributed by atoms with Crippen molar-refractivity contribution < 1.29 is 12.8 Å². The quantitative estimate of drug-likeness (QED) is 0.751. The SMILES string of the molecule is O=S(=O)(c1ccc(Cl)cc1F)N1CCC[C@H]1c1nc2ccccc2[nH]1. The average molecular weight is 380 g/mol. The highest BCUT2D eigenvalue weighted by Crippen LogP contribution is 2.36. The normalized spacial score (nSPS) is 18.9. The van der Waals surface area contributed by atoms with E-state index < -0.39 is 21.9 Å².